The Labute approximate surface area is 85.6 Å². The number of carbonyl (C=O) groups is 2. The first-order valence-electron chi connectivity index (χ1n) is 4.47. The molecule has 1 aromatic heterocycles. The highest BCUT2D eigenvalue weighted by Crippen LogP contribution is 2.22. The molecule has 1 aromatic rings. The van der Waals surface area contributed by atoms with Gasteiger partial charge in [0.25, 0.3) is 0 Å². The van der Waals surface area contributed by atoms with Gasteiger partial charge in [0.15, 0.2) is 0 Å². The Morgan fingerprint density at radius 1 is 1.60 bits per heavy atom. The van der Waals surface area contributed by atoms with E-state index in [-0.39, 0.29) is 18.9 Å². The molecular formula is C9H9N3O3. The fourth-order valence-electron chi connectivity index (χ4n) is 1.54. The summed E-state index contributed by atoms with van der Waals surface area (Å²) in [5, 5.41) is 8.78. The summed E-state index contributed by atoms with van der Waals surface area (Å²) in [6.07, 6.45) is 2.89. The molecule has 1 saturated heterocycles. The summed E-state index contributed by atoms with van der Waals surface area (Å²) in [7, 11) is 0. The summed E-state index contributed by atoms with van der Waals surface area (Å²) in [4.78, 5) is 31.2. The zero-order chi connectivity index (χ0) is 10.8. The molecule has 6 nitrogen and oxygen atoms in total. The highest BCUT2D eigenvalue weighted by molar-refractivity contribution is 5.98. The van der Waals surface area contributed by atoms with Gasteiger partial charge < -0.3 is 5.11 Å². The van der Waals surface area contributed by atoms with Gasteiger partial charge in [0.05, 0.1) is 5.92 Å². The number of rotatable bonds is 2. The third-order valence-electron chi connectivity index (χ3n) is 2.32. The second-order valence-electron chi connectivity index (χ2n) is 3.31. The summed E-state index contributed by atoms with van der Waals surface area (Å²) in [5.74, 6) is -1.33. The van der Waals surface area contributed by atoms with Crippen LogP contribution in [0, 0.1) is 5.92 Å². The van der Waals surface area contributed by atoms with Crippen LogP contribution in [0.25, 0.3) is 0 Å². The standard InChI is InChI=1S/C9H9N3O3/c13-8-3-6(9(14)15)4-12(8)7-1-2-10-5-11-7/h1-2,5-6H,3-4H2,(H,14,15). The number of hydrogen-bond acceptors (Lipinski definition) is 4. The maximum atomic E-state index is 11.5. The van der Waals surface area contributed by atoms with Gasteiger partial charge in [-0.15, -0.1) is 0 Å². The van der Waals surface area contributed by atoms with Crippen LogP contribution in [0.15, 0.2) is 18.6 Å². The molecule has 0 spiro atoms. The quantitative estimate of drug-likeness (QED) is 0.732. The first kappa shape index (κ1) is 9.57. The fourth-order valence-corrected chi connectivity index (χ4v) is 1.54. The molecular weight excluding hydrogens is 198 g/mol. The van der Waals surface area contributed by atoms with Crippen molar-refractivity contribution >= 4 is 17.7 Å². The zero-order valence-corrected chi connectivity index (χ0v) is 7.83. The van der Waals surface area contributed by atoms with E-state index in [9.17, 15) is 9.59 Å². The van der Waals surface area contributed by atoms with Gasteiger partial charge in [-0.2, -0.15) is 0 Å². The minimum absolute atomic E-state index is 0.0410. The maximum absolute atomic E-state index is 11.5. The van der Waals surface area contributed by atoms with E-state index in [1.165, 1.54) is 17.4 Å². The van der Waals surface area contributed by atoms with Gasteiger partial charge >= 0.3 is 5.97 Å². The number of aromatic nitrogens is 2. The van der Waals surface area contributed by atoms with Gasteiger partial charge in [-0.05, 0) is 6.07 Å². The van der Waals surface area contributed by atoms with Crippen LogP contribution in [0.2, 0.25) is 0 Å². The van der Waals surface area contributed by atoms with Crippen LogP contribution in [0.1, 0.15) is 6.42 Å². The van der Waals surface area contributed by atoms with Gasteiger partial charge in [0.1, 0.15) is 12.1 Å². The Kier molecular flexibility index (Phi) is 2.32. The lowest BCUT2D eigenvalue weighted by molar-refractivity contribution is -0.141. The van der Waals surface area contributed by atoms with Crippen molar-refractivity contribution in [2.45, 2.75) is 6.42 Å². The molecule has 1 unspecified atom stereocenters. The van der Waals surface area contributed by atoms with Crippen LogP contribution in [0.5, 0.6) is 0 Å². The lowest BCUT2D eigenvalue weighted by Gasteiger charge is -2.13. The number of hydrogen-bond donors (Lipinski definition) is 1. The minimum Gasteiger partial charge on any atom is -0.481 e. The van der Waals surface area contributed by atoms with Crippen molar-refractivity contribution < 1.29 is 14.7 Å². The predicted molar refractivity (Wildman–Crippen MR) is 50.1 cm³/mol. The van der Waals surface area contributed by atoms with Gasteiger partial charge in [-0.1, -0.05) is 0 Å². The van der Waals surface area contributed by atoms with Crippen molar-refractivity contribution in [1.29, 1.82) is 0 Å². The van der Waals surface area contributed by atoms with Gasteiger partial charge in [0, 0.05) is 19.2 Å². The molecule has 2 rings (SSSR count). The van der Waals surface area contributed by atoms with Crippen LogP contribution in [0.3, 0.4) is 0 Å². The maximum Gasteiger partial charge on any atom is 0.308 e. The summed E-state index contributed by atoms with van der Waals surface area (Å²) >= 11 is 0. The number of aliphatic carboxylic acids is 1. The Morgan fingerprint density at radius 3 is 2.93 bits per heavy atom. The molecule has 2 heterocycles. The highest BCUT2D eigenvalue weighted by atomic mass is 16.4. The van der Waals surface area contributed by atoms with E-state index in [1.54, 1.807) is 6.07 Å². The largest absolute Gasteiger partial charge is 0.481 e. The Balaban J connectivity index is 2.19. The minimum atomic E-state index is -0.945. The van der Waals surface area contributed by atoms with Crippen LogP contribution in [-0.4, -0.2) is 33.5 Å². The van der Waals surface area contributed by atoms with Crippen molar-refractivity contribution in [1.82, 2.24) is 9.97 Å². The zero-order valence-electron chi connectivity index (χ0n) is 7.83. The van der Waals surface area contributed by atoms with Gasteiger partial charge in [-0.3, -0.25) is 14.5 Å². The molecule has 1 atom stereocenters. The lowest BCUT2D eigenvalue weighted by atomic mass is 10.1. The Hall–Kier alpha value is -1.98. The van der Waals surface area contributed by atoms with Gasteiger partial charge in [-0.25, -0.2) is 9.97 Å². The molecule has 1 aliphatic rings. The first-order chi connectivity index (χ1) is 7.18. The number of carbonyl (C=O) groups excluding carboxylic acids is 1. The van der Waals surface area contributed by atoms with E-state index in [2.05, 4.69) is 9.97 Å². The molecule has 78 valence electrons. The molecule has 1 amide bonds. The van der Waals surface area contributed by atoms with E-state index in [0.29, 0.717) is 5.82 Å². The van der Waals surface area contributed by atoms with E-state index >= 15 is 0 Å². The van der Waals surface area contributed by atoms with E-state index < -0.39 is 11.9 Å². The van der Waals surface area contributed by atoms with Crippen LogP contribution in [-0.2, 0) is 9.59 Å². The van der Waals surface area contributed by atoms with E-state index in [0.717, 1.165) is 0 Å². The molecule has 15 heavy (non-hydrogen) atoms. The third kappa shape index (κ3) is 1.78. The van der Waals surface area contributed by atoms with E-state index in [4.69, 9.17) is 5.11 Å². The molecule has 0 aromatic carbocycles. The Morgan fingerprint density at radius 2 is 2.40 bits per heavy atom. The van der Waals surface area contributed by atoms with Crippen molar-refractivity contribution in [3.63, 3.8) is 0 Å². The molecule has 0 bridgehead atoms. The molecule has 1 fully saturated rings. The normalized spacial score (nSPS) is 20.7. The van der Waals surface area contributed by atoms with Crippen molar-refractivity contribution in [2.24, 2.45) is 5.92 Å². The van der Waals surface area contributed by atoms with E-state index in [1.807, 2.05) is 0 Å². The highest BCUT2D eigenvalue weighted by Gasteiger charge is 2.35. The van der Waals surface area contributed by atoms with Crippen LogP contribution >= 0.6 is 0 Å². The first-order valence-corrected chi connectivity index (χ1v) is 4.47. The molecule has 0 saturated carbocycles. The Bertz CT molecular complexity index is 393. The second kappa shape index (κ2) is 3.64. The number of carboxylic acid groups (broad SMARTS) is 1. The topological polar surface area (TPSA) is 83.4 Å². The molecule has 1 aliphatic heterocycles. The number of amides is 1. The predicted octanol–water partition coefficient (Wildman–Crippen LogP) is -0.0859. The van der Waals surface area contributed by atoms with Gasteiger partial charge in [0.2, 0.25) is 5.91 Å². The molecule has 0 radical (unpaired) electrons. The third-order valence-corrected chi connectivity index (χ3v) is 2.32. The molecule has 1 N–H and O–H groups in total. The average molecular weight is 207 g/mol. The molecule has 0 aliphatic carbocycles. The number of nitrogens with zero attached hydrogens (tertiary/aromatic N) is 3. The van der Waals surface area contributed by atoms with Crippen molar-refractivity contribution in [2.75, 3.05) is 11.4 Å². The number of carboxylic acids is 1. The lowest BCUT2D eigenvalue weighted by Crippen LogP contribution is -2.26. The monoisotopic (exact) mass is 207 g/mol. The average Bonchev–Trinajstić information content (AvgIpc) is 2.62. The second-order valence-corrected chi connectivity index (χ2v) is 3.31. The number of anilines is 1. The van der Waals surface area contributed by atoms with Crippen LogP contribution < -0.4 is 4.90 Å². The summed E-state index contributed by atoms with van der Waals surface area (Å²) in [6, 6.07) is 1.59. The molecule has 6 heteroatoms. The summed E-state index contributed by atoms with van der Waals surface area (Å²) in [5.41, 5.74) is 0. The smallest absolute Gasteiger partial charge is 0.308 e. The summed E-state index contributed by atoms with van der Waals surface area (Å²) in [6.45, 7) is 0.186. The van der Waals surface area contributed by atoms with Crippen molar-refractivity contribution in [3.8, 4) is 0 Å². The van der Waals surface area contributed by atoms with Crippen molar-refractivity contribution in [3.05, 3.63) is 18.6 Å². The summed E-state index contributed by atoms with van der Waals surface area (Å²) < 4.78 is 0. The fraction of sp³-hybridized carbons (Fsp3) is 0.333. The van der Waals surface area contributed by atoms with Crippen LogP contribution in [0.4, 0.5) is 5.82 Å². The SMILES string of the molecule is O=C(O)C1CC(=O)N(c2ccncn2)C1.